The first-order valence-corrected chi connectivity index (χ1v) is 11.4. The third-order valence-corrected chi connectivity index (χ3v) is 6.00. The van der Waals surface area contributed by atoms with E-state index in [9.17, 15) is 9.90 Å². The van der Waals surface area contributed by atoms with Gasteiger partial charge in [-0.3, -0.25) is 4.79 Å². The Bertz CT molecular complexity index is 964. The summed E-state index contributed by atoms with van der Waals surface area (Å²) in [6.07, 6.45) is 3.49. The second kappa shape index (κ2) is 11.8. The van der Waals surface area contributed by atoms with Gasteiger partial charge in [-0.15, -0.1) is 5.92 Å². The molecule has 0 heterocycles. The van der Waals surface area contributed by atoms with Gasteiger partial charge >= 0.3 is 0 Å². The monoisotopic (exact) mass is 455 g/mol. The Morgan fingerprint density at radius 3 is 2.62 bits per heavy atom. The highest BCUT2D eigenvalue weighted by Crippen LogP contribution is 2.38. The van der Waals surface area contributed by atoms with Gasteiger partial charge in [-0.2, -0.15) is 0 Å². The number of nitrogens with one attached hydrogen (secondary N) is 1. The maximum atomic E-state index is 12.8. The SMILES string of the molecule is CCC#CCOc1ccc([C@H]2CCCC[C@@H]2NC(=O)C(O)c2ccc(Cl)cc2)cc1OC. The molecule has 2 N–H and O–H groups in total. The Labute approximate surface area is 195 Å². The van der Waals surface area contributed by atoms with Crippen molar-refractivity contribution >= 4 is 17.5 Å². The van der Waals surface area contributed by atoms with E-state index in [1.54, 1.807) is 31.4 Å². The molecule has 3 atom stereocenters. The van der Waals surface area contributed by atoms with Crippen molar-refractivity contribution in [1.29, 1.82) is 0 Å². The van der Waals surface area contributed by atoms with Crippen LogP contribution in [0.1, 0.15) is 62.2 Å². The average Bonchev–Trinajstić information content (AvgIpc) is 2.82. The van der Waals surface area contributed by atoms with Gasteiger partial charge in [-0.25, -0.2) is 0 Å². The lowest BCUT2D eigenvalue weighted by Crippen LogP contribution is -2.43. The minimum Gasteiger partial charge on any atom is -0.493 e. The standard InChI is InChI=1S/C26H30ClNO4/c1-3-4-7-16-32-23-15-12-19(17-24(23)31-2)21-8-5-6-9-22(21)28-26(30)25(29)18-10-13-20(27)14-11-18/h10-15,17,21-22,25,29H,3,5-6,8-9,16H2,1-2H3,(H,28,30)/t21-,22+,25?/m1/s1. The molecule has 0 aromatic heterocycles. The normalized spacial score (nSPS) is 18.8. The molecule has 0 radical (unpaired) electrons. The first-order valence-electron chi connectivity index (χ1n) is 11.0. The molecule has 1 unspecified atom stereocenters. The van der Waals surface area contributed by atoms with E-state index < -0.39 is 12.0 Å². The van der Waals surface area contributed by atoms with E-state index in [2.05, 4.69) is 17.2 Å². The molecule has 0 spiro atoms. The Hall–Kier alpha value is -2.68. The number of amides is 1. The molecule has 0 aliphatic heterocycles. The molecule has 5 nitrogen and oxygen atoms in total. The fraction of sp³-hybridized carbons (Fsp3) is 0.423. The van der Waals surface area contributed by atoms with Gasteiger partial charge in [0.25, 0.3) is 5.91 Å². The molecule has 1 aliphatic rings. The third kappa shape index (κ3) is 6.18. The highest BCUT2D eigenvalue weighted by atomic mass is 35.5. The van der Waals surface area contributed by atoms with Crippen LogP contribution >= 0.6 is 11.6 Å². The topological polar surface area (TPSA) is 67.8 Å². The Balaban J connectivity index is 1.72. The van der Waals surface area contributed by atoms with Crippen LogP contribution < -0.4 is 14.8 Å². The van der Waals surface area contributed by atoms with E-state index in [1.807, 2.05) is 25.1 Å². The third-order valence-electron chi connectivity index (χ3n) is 5.75. The summed E-state index contributed by atoms with van der Waals surface area (Å²) >= 11 is 5.91. The summed E-state index contributed by atoms with van der Waals surface area (Å²) in [7, 11) is 1.62. The first kappa shape index (κ1) is 24.0. The Kier molecular flexibility index (Phi) is 8.84. The van der Waals surface area contributed by atoms with Crippen LogP contribution in [0.4, 0.5) is 0 Å². The highest BCUT2D eigenvalue weighted by Gasteiger charge is 2.30. The van der Waals surface area contributed by atoms with Crippen LogP contribution in [0.15, 0.2) is 42.5 Å². The van der Waals surface area contributed by atoms with Gasteiger partial charge in [0.1, 0.15) is 6.61 Å². The lowest BCUT2D eigenvalue weighted by Gasteiger charge is -2.33. The molecule has 3 rings (SSSR count). The van der Waals surface area contributed by atoms with Crippen molar-refractivity contribution in [1.82, 2.24) is 5.32 Å². The van der Waals surface area contributed by atoms with Crippen LogP contribution in [-0.4, -0.2) is 30.8 Å². The molecule has 2 aromatic carbocycles. The number of methoxy groups -OCH3 is 1. The van der Waals surface area contributed by atoms with E-state index in [0.717, 1.165) is 37.7 Å². The van der Waals surface area contributed by atoms with Crippen molar-refractivity contribution in [3.8, 4) is 23.3 Å². The molecule has 1 fully saturated rings. The van der Waals surface area contributed by atoms with E-state index in [-0.39, 0.29) is 12.0 Å². The molecule has 170 valence electrons. The Morgan fingerprint density at radius 2 is 1.91 bits per heavy atom. The number of aliphatic hydroxyl groups is 1. The number of ether oxygens (including phenoxy) is 2. The number of halogens is 1. The number of carbonyl (C=O) groups is 1. The van der Waals surface area contributed by atoms with Crippen molar-refractivity contribution in [2.75, 3.05) is 13.7 Å². The lowest BCUT2D eigenvalue weighted by atomic mass is 9.79. The number of carbonyl (C=O) groups excluding carboxylic acids is 1. The number of aliphatic hydroxyl groups excluding tert-OH is 1. The van der Waals surface area contributed by atoms with Crippen LogP contribution in [0.3, 0.4) is 0 Å². The van der Waals surface area contributed by atoms with Crippen molar-refractivity contribution < 1.29 is 19.4 Å². The quantitative estimate of drug-likeness (QED) is 0.575. The van der Waals surface area contributed by atoms with E-state index in [4.69, 9.17) is 21.1 Å². The van der Waals surface area contributed by atoms with Crippen LogP contribution in [0, 0.1) is 11.8 Å². The van der Waals surface area contributed by atoms with Crippen molar-refractivity contribution in [2.45, 2.75) is 57.1 Å². The van der Waals surface area contributed by atoms with Crippen molar-refractivity contribution in [3.63, 3.8) is 0 Å². The van der Waals surface area contributed by atoms with Crippen LogP contribution in [0.2, 0.25) is 5.02 Å². The molecule has 32 heavy (non-hydrogen) atoms. The minimum absolute atomic E-state index is 0.0647. The van der Waals surface area contributed by atoms with Gasteiger partial charge in [0, 0.05) is 23.4 Å². The lowest BCUT2D eigenvalue weighted by molar-refractivity contribution is -0.130. The maximum Gasteiger partial charge on any atom is 0.253 e. The molecule has 0 saturated heterocycles. The smallest absolute Gasteiger partial charge is 0.253 e. The second-order valence-corrected chi connectivity index (χ2v) is 8.30. The molecule has 2 aromatic rings. The number of rotatable bonds is 7. The largest absolute Gasteiger partial charge is 0.493 e. The number of benzene rings is 2. The number of hydrogen-bond acceptors (Lipinski definition) is 4. The summed E-state index contributed by atoms with van der Waals surface area (Å²) in [4.78, 5) is 12.8. The zero-order valence-corrected chi connectivity index (χ0v) is 19.3. The molecule has 1 saturated carbocycles. The predicted molar refractivity (Wildman–Crippen MR) is 126 cm³/mol. The zero-order valence-electron chi connectivity index (χ0n) is 18.6. The van der Waals surface area contributed by atoms with Crippen molar-refractivity contribution in [2.24, 2.45) is 0 Å². The molecular formula is C26H30ClNO4. The highest BCUT2D eigenvalue weighted by molar-refractivity contribution is 6.30. The van der Waals surface area contributed by atoms with Gasteiger partial charge in [0.15, 0.2) is 17.6 Å². The minimum atomic E-state index is -1.23. The van der Waals surface area contributed by atoms with Gasteiger partial charge in [0.05, 0.1) is 7.11 Å². The summed E-state index contributed by atoms with van der Waals surface area (Å²) in [6, 6.07) is 12.5. The fourth-order valence-corrected chi connectivity index (χ4v) is 4.21. The van der Waals surface area contributed by atoms with Crippen LogP contribution in [-0.2, 0) is 4.79 Å². The summed E-state index contributed by atoms with van der Waals surface area (Å²) in [5, 5.41) is 14.1. The summed E-state index contributed by atoms with van der Waals surface area (Å²) in [6.45, 7) is 2.31. The van der Waals surface area contributed by atoms with Gasteiger partial charge in [-0.05, 0) is 48.2 Å². The zero-order chi connectivity index (χ0) is 22.9. The van der Waals surface area contributed by atoms with Gasteiger partial charge in [0.2, 0.25) is 0 Å². The van der Waals surface area contributed by atoms with Crippen LogP contribution in [0.5, 0.6) is 11.5 Å². The van der Waals surface area contributed by atoms with Crippen LogP contribution in [0.25, 0.3) is 0 Å². The molecule has 1 amide bonds. The van der Waals surface area contributed by atoms with E-state index in [1.165, 1.54) is 0 Å². The molecule has 6 heteroatoms. The molecule has 1 aliphatic carbocycles. The Morgan fingerprint density at radius 1 is 1.16 bits per heavy atom. The predicted octanol–water partition coefficient (Wildman–Crippen LogP) is 5.02. The summed E-state index contributed by atoms with van der Waals surface area (Å²) < 4.78 is 11.3. The number of hydrogen-bond donors (Lipinski definition) is 2. The van der Waals surface area contributed by atoms with Crippen molar-refractivity contribution in [3.05, 3.63) is 58.6 Å². The summed E-state index contributed by atoms with van der Waals surface area (Å²) in [5.74, 6) is 6.98. The fourth-order valence-electron chi connectivity index (χ4n) is 4.08. The van der Waals surface area contributed by atoms with Gasteiger partial charge in [-0.1, -0.05) is 55.5 Å². The van der Waals surface area contributed by atoms with E-state index >= 15 is 0 Å². The second-order valence-electron chi connectivity index (χ2n) is 7.87. The van der Waals surface area contributed by atoms with E-state index in [0.29, 0.717) is 28.7 Å². The first-order chi connectivity index (χ1) is 15.5. The van der Waals surface area contributed by atoms with Gasteiger partial charge < -0.3 is 19.9 Å². The summed E-state index contributed by atoms with van der Waals surface area (Å²) in [5.41, 5.74) is 1.61. The molecule has 0 bridgehead atoms. The molecular weight excluding hydrogens is 426 g/mol. The average molecular weight is 456 g/mol. The maximum absolute atomic E-state index is 12.8.